The van der Waals surface area contributed by atoms with Crippen LogP contribution in [0.3, 0.4) is 0 Å². The molecule has 2 N–H and O–H groups in total. The Balaban J connectivity index is 1.16. The maximum Gasteiger partial charge on any atom is 0.417 e. The van der Waals surface area contributed by atoms with E-state index in [4.69, 9.17) is 16.7 Å². The summed E-state index contributed by atoms with van der Waals surface area (Å²) in [6.07, 6.45) is 1.32. The van der Waals surface area contributed by atoms with E-state index in [9.17, 15) is 22.8 Å². The zero-order chi connectivity index (χ0) is 40.9. The van der Waals surface area contributed by atoms with Crippen LogP contribution < -0.4 is 10.6 Å². The number of fused-ring (bicyclic) bond motifs is 2. The Bertz CT molecular complexity index is 2940. The zero-order valence-electron chi connectivity index (χ0n) is 31.4. The first-order chi connectivity index (χ1) is 27.7. The first-order valence-electron chi connectivity index (χ1n) is 17.9. The van der Waals surface area contributed by atoms with Crippen LogP contribution in [0.5, 0.6) is 0 Å². The molecule has 0 unspecified atom stereocenters. The van der Waals surface area contributed by atoms with Crippen molar-refractivity contribution in [3.8, 4) is 22.5 Å². The number of carbonyl (C=O) groups is 2. The second-order valence-electron chi connectivity index (χ2n) is 13.8. The molecule has 2 aromatic carbocycles. The minimum absolute atomic E-state index is 0.00208. The molecule has 8 aromatic rings. The van der Waals surface area contributed by atoms with Crippen LogP contribution in [-0.4, -0.2) is 51.0 Å². The molecule has 290 valence electrons. The smallest absolute Gasteiger partial charge is 0.305 e. The number of hydrogen-bond donors (Lipinski definition) is 2. The van der Waals surface area contributed by atoms with Crippen LogP contribution in [-0.2, 0) is 12.6 Å². The van der Waals surface area contributed by atoms with Crippen molar-refractivity contribution in [1.82, 2.24) is 39.2 Å². The number of anilines is 2. The Hall–Kier alpha value is -7.00. The third-order valence-electron chi connectivity index (χ3n) is 9.63. The summed E-state index contributed by atoms with van der Waals surface area (Å²) in [5.74, 6) is -0.662. The van der Waals surface area contributed by atoms with Crippen molar-refractivity contribution in [3.63, 3.8) is 0 Å². The van der Waals surface area contributed by atoms with E-state index in [0.29, 0.717) is 44.4 Å². The molecule has 0 radical (unpaired) electrons. The highest BCUT2D eigenvalue weighted by Gasteiger charge is 2.34. The highest BCUT2D eigenvalue weighted by atomic mass is 35.5. The van der Waals surface area contributed by atoms with E-state index in [1.807, 2.05) is 32.0 Å². The Morgan fingerprint density at radius 2 is 1.50 bits per heavy atom. The van der Waals surface area contributed by atoms with Gasteiger partial charge in [-0.25, -0.2) is 19.5 Å². The summed E-state index contributed by atoms with van der Waals surface area (Å²) >= 11 is 6.53. The van der Waals surface area contributed by atoms with Gasteiger partial charge in [0, 0.05) is 41.2 Å². The summed E-state index contributed by atoms with van der Waals surface area (Å²) in [6.45, 7) is 7.38. The van der Waals surface area contributed by atoms with Gasteiger partial charge in [-0.1, -0.05) is 48.0 Å². The molecule has 58 heavy (non-hydrogen) atoms. The molecule has 2 amide bonds. The van der Waals surface area contributed by atoms with E-state index in [0.717, 1.165) is 22.8 Å². The van der Waals surface area contributed by atoms with Crippen molar-refractivity contribution in [2.45, 2.75) is 40.3 Å². The van der Waals surface area contributed by atoms with Crippen molar-refractivity contribution in [1.29, 1.82) is 0 Å². The Morgan fingerprint density at radius 3 is 2.26 bits per heavy atom. The van der Waals surface area contributed by atoms with E-state index in [-0.39, 0.29) is 40.6 Å². The van der Waals surface area contributed by atoms with Crippen molar-refractivity contribution >= 4 is 46.3 Å². The third-order valence-corrected chi connectivity index (χ3v) is 9.96. The van der Waals surface area contributed by atoms with Crippen LogP contribution in [0.1, 0.15) is 59.9 Å². The number of hydrogen-bond acceptors (Lipinski definition) is 8. The minimum atomic E-state index is -4.67. The molecule has 16 heteroatoms. The average molecular weight is 801 g/mol. The van der Waals surface area contributed by atoms with Gasteiger partial charge in [0.1, 0.15) is 5.82 Å². The zero-order valence-corrected chi connectivity index (χ0v) is 32.1. The lowest BCUT2D eigenvalue weighted by Gasteiger charge is -2.15. The molecule has 0 aliphatic heterocycles. The van der Waals surface area contributed by atoms with Gasteiger partial charge in [-0.2, -0.15) is 27.9 Å². The monoisotopic (exact) mass is 800 g/mol. The molecule has 6 heterocycles. The van der Waals surface area contributed by atoms with Crippen molar-refractivity contribution < 1.29 is 22.8 Å². The Kier molecular flexibility index (Phi) is 9.69. The summed E-state index contributed by atoms with van der Waals surface area (Å²) < 4.78 is 45.6. The van der Waals surface area contributed by atoms with E-state index in [1.165, 1.54) is 45.8 Å². The quantitative estimate of drug-likeness (QED) is 0.155. The number of pyridine rings is 2. The van der Waals surface area contributed by atoms with Gasteiger partial charge in [-0.05, 0) is 86.3 Å². The fourth-order valence-electron chi connectivity index (χ4n) is 6.79. The molecular weight excluding hydrogens is 769 g/mol. The van der Waals surface area contributed by atoms with Gasteiger partial charge >= 0.3 is 6.18 Å². The molecule has 12 nitrogen and oxygen atoms in total. The molecule has 0 aliphatic carbocycles. The number of imidazole rings is 2. The minimum Gasteiger partial charge on any atom is -0.305 e. The lowest BCUT2D eigenvalue weighted by molar-refractivity contribution is -0.137. The summed E-state index contributed by atoms with van der Waals surface area (Å²) in [6, 6.07) is 19.1. The number of aryl methyl sites for hydroxylation is 3. The van der Waals surface area contributed by atoms with Gasteiger partial charge in [0.25, 0.3) is 11.8 Å². The fraction of sp³-hybridized carbons (Fsp3) is 0.143. The van der Waals surface area contributed by atoms with Crippen molar-refractivity contribution in [2.24, 2.45) is 0 Å². The SMILES string of the molecule is Cc1cncc(C(=O)Nc2cnc3c(Cc4cc(C)nc(NC(=O)c5cnc6c(C)c(C)c(-c7ccccc7Cl)nn56)c4)cc(-c4ccccc4C(F)(F)F)nn23)c1. The van der Waals surface area contributed by atoms with Crippen LogP contribution in [0.4, 0.5) is 24.8 Å². The number of halogens is 4. The second-order valence-corrected chi connectivity index (χ2v) is 14.2. The summed E-state index contributed by atoms with van der Waals surface area (Å²) in [5.41, 5.74) is 5.71. The van der Waals surface area contributed by atoms with Crippen LogP contribution in [0, 0.1) is 27.7 Å². The number of aromatic nitrogens is 8. The molecule has 0 fully saturated rings. The van der Waals surface area contributed by atoms with Gasteiger partial charge in [0.05, 0.1) is 39.9 Å². The Morgan fingerprint density at radius 1 is 0.759 bits per heavy atom. The van der Waals surface area contributed by atoms with Crippen molar-refractivity contribution in [2.75, 3.05) is 10.6 Å². The molecule has 0 bridgehead atoms. The van der Waals surface area contributed by atoms with Crippen molar-refractivity contribution in [3.05, 3.63) is 153 Å². The lowest BCUT2D eigenvalue weighted by atomic mass is 10.0. The molecular formula is C42H32ClF3N10O2. The largest absolute Gasteiger partial charge is 0.417 e. The number of amides is 2. The number of rotatable bonds is 8. The van der Waals surface area contributed by atoms with E-state index >= 15 is 0 Å². The standard InChI is InChI=1S/C42H32ClF3N10O2/c1-22-13-28(19-47-18-22)40(57)52-36-21-49-39-27(17-33(53-56(36)39)29-9-5-7-11-31(29)42(44,45)46)15-26-14-23(2)50-35(16-26)51-41(58)34-20-48-38-25(4)24(3)37(54-55(34)38)30-10-6-8-12-32(30)43/h5-14,16-21H,15H2,1-4H3,(H,52,57)(H,50,51,58). The van der Waals surface area contributed by atoms with Crippen LogP contribution in [0.15, 0.2) is 97.6 Å². The van der Waals surface area contributed by atoms with Gasteiger partial charge in [0.2, 0.25) is 0 Å². The topological polar surface area (TPSA) is 144 Å². The summed E-state index contributed by atoms with van der Waals surface area (Å²) in [7, 11) is 0. The number of carbonyl (C=O) groups excluding carboxylic acids is 2. The maximum atomic E-state index is 14.3. The van der Waals surface area contributed by atoms with Gasteiger partial charge < -0.3 is 10.6 Å². The number of benzene rings is 2. The summed E-state index contributed by atoms with van der Waals surface area (Å²) in [5, 5.41) is 15.5. The van der Waals surface area contributed by atoms with Gasteiger partial charge in [-0.15, -0.1) is 0 Å². The average Bonchev–Trinajstić information content (AvgIpc) is 3.80. The van der Waals surface area contributed by atoms with Crippen LogP contribution in [0.2, 0.25) is 5.02 Å². The number of alkyl halides is 3. The molecule has 0 aliphatic rings. The van der Waals surface area contributed by atoms with E-state index in [2.05, 4.69) is 35.7 Å². The highest BCUT2D eigenvalue weighted by Crippen LogP contribution is 2.37. The Labute approximate surface area is 333 Å². The molecule has 8 rings (SSSR count). The molecule has 0 saturated carbocycles. The highest BCUT2D eigenvalue weighted by molar-refractivity contribution is 6.33. The number of nitrogens with zero attached hydrogens (tertiary/aromatic N) is 8. The first kappa shape index (κ1) is 37.9. The second kappa shape index (κ2) is 14.8. The van der Waals surface area contributed by atoms with Crippen LogP contribution >= 0.6 is 11.6 Å². The molecule has 6 aromatic heterocycles. The first-order valence-corrected chi connectivity index (χ1v) is 18.3. The van der Waals surface area contributed by atoms with Gasteiger partial charge in [0.15, 0.2) is 22.8 Å². The normalized spacial score (nSPS) is 11.7. The fourth-order valence-corrected chi connectivity index (χ4v) is 7.02. The number of nitrogens with one attached hydrogen (secondary N) is 2. The lowest BCUT2D eigenvalue weighted by Crippen LogP contribution is -2.17. The molecule has 0 spiro atoms. The maximum absolute atomic E-state index is 14.3. The van der Waals surface area contributed by atoms with E-state index < -0.39 is 23.6 Å². The third kappa shape index (κ3) is 7.23. The van der Waals surface area contributed by atoms with E-state index in [1.54, 1.807) is 50.4 Å². The molecule has 0 saturated heterocycles. The van der Waals surface area contributed by atoms with Crippen LogP contribution in [0.25, 0.3) is 33.8 Å². The predicted octanol–water partition coefficient (Wildman–Crippen LogP) is 8.90. The molecule has 0 atom stereocenters. The van der Waals surface area contributed by atoms with Gasteiger partial charge in [-0.3, -0.25) is 14.6 Å². The summed E-state index contributed by atoms with van der Waals surface area (Å²) in [4.78, 5) is 44.7. The predicted molar refractivity (Wildman–Crippen MR) is 213 cm³/mol.